The monoisotopic (exact) mass is 831 g/mol. The summed E-state index contributed by atoms with van der Waals surface area (Å²) < 4.78 is 0. The van der Waals surface area contributed by atoms with E-state index in [0.29, 0.717) is 5.78 Å². The summed E-state index contributed by atoms with van der Waals surface area (Å²) in [6, 6.07) is 0. The maximum atomic E-state index is 10.5. The number of unbranched alkanes of at least 4 members (excludes halogenated alkanes) is 28. The first-order valence-electron chi connectivity index (χ1n) is 27.6. The lowest BCUT2D eigenvalue weighted by atomic mass is 10.1. The molecule has 0 rings (SSSR count). The molecule has 0 saturated heterocycles. The molecule has 0 aromatic carbocycles. The molecule has 0 unspecified atom stereocenters. The van der Waals surface area contributed by atoms with E-state index in [9.17, 15) is 4.79 Å². The molecule has 364 valence electrons. The van der Waals surface area contributed by atoms with Crippen LogP contribution in [0.4, 0.5) is 0 Å². The average molecular weight is 832 g/mol. The molecular weight excluding hydrogens is 701 g/mol. The number of carbonyl (C=O) groups is 1. The average Bonchev–Trinajstić information content (AvgIpc) is 3.24. The summed E-state index contributed by atoms with van der Waals surface area (Å²) in [7, 11) is 0. The Bertz CT molecular complexity index is 356. The van der Waals surface area contributed by atoms with Crippen molar-refractivity contribution in [2.24, 2.45) is 0 Å². The van der Waals surface area contributed by atoms with Crippen LogP contribution >= 0.6 is 0 Å². The molecule has 0 bridgehead atoms. The molecule has 0 atom stereocenters. The topological polar surface area (TPSA) is 17.1 Å². The van der Waals surface area contributed by atoms with Crippen LogP contribution < -0.4 is 0 Å². The first-order valence-corrected chi connectivity index (χ1v) is 27.6. The van der Waals surface area contributed by atoms with Gasteiger partial charge in [-0.3, -0.25) is 0 Å². The third-order valence-electron chi connectivity index (χ3n) is 9.29. The standard InChI is InChI=1S/C9H18O.8C6H14/c1-3-4-5-6-7-8-9(2)10;8*1-3-5-6-4-2/h3-8H2,1-2H3;8*3-6H2,1-2H3. The number of carbonyl (C=O) groups excluding carboxylic acids is 1. The Hall–Kier alpha value is -0.330. The molecular formula is C57H130O. The Morgan fingerprint density at radius 3 is 0.397 bits per heavy atom. The van der Waals surface area contributed by atoms with Crippen molar-refractivity contribution in [2.45, 2.75) is 369 Å². The minimum Gasteiger partial charge on any atom is -0.300 e. The lowest BCUT2D eigenvalue weighted by Crippen LogP contribution is -1.88. The van der Waals surface area contributed by atoms with Crippen molar-refractivity contribution in [3.05, 3.63) is 0 Å². The Balaban J connectivity index is -0.0000000670. The molecule has 0 heterocycles. The third kappa shape index (κ3) is 177. The van der Waals surface area contributed by atoms with Gasteiger partial charge in [0.15, 0.2) is 0 Å². The fourth-order valence-corrected chi connectivity index (χ4v) is 4.98. The SMILES string of the molecule is CCCCCC.CCCCCC.CCCCCC.CCCCCC.CCCCCC.CCCCCC.CCCCCC.CCCCCC.CCCCCCCC(C)=O. The smallest absolute Gasteiger partial charge is 0.129 e. The van der Waals surface area contributed by atoms with E-state index < -0.39 is 0 Å². The van der Waals surface area contributed by atoms with E-state index in [0.717, 1.165) is 12.8 Å². The van der Waals surface area contributed by atoms with Gasteiger partial charge in [-0.2, -0.15) is 0 Å². The van der Waals surface area contributed by atoms with Gasteiger partial charge >= 0.3 is 0 Å². The molecule has 0 aromatic heterocycles. The molecule has 0 spiro atoms. The minimum absolute atomic E-state index is 0.330. The molecule has 0 saturated carbocycles. The van der Waals surface area contributed by atoms with Crippen LogP contribution in [0.25, 0.3) is 0 Å². The van der Waals surface area contributed by atoms with E-state index in [-0.39, 0.29) is 0 Å². The molecule has 0 aliphatic heterocycles. The van der Waals surface area contributed by atoms with E-state index in [2.05, 4.69) is 118 Å². The lowest BCUT2D eigenvalue weighted by molar-refractivity contribution is -0.117. The van der Waals surface area contributed by atoms with Gasteiger partial charge in [0.25, 0.3) is 0 Å². The largest absolute Gasteiger partial charge is 0.300 e. The predicted molar refractivity (Wildman–Crippen MR) is 283 cm³/mol. The fourth-order valence-electron chi connectivity index (χ4n) is 4.98. The van der Waals surface area contributed by atoms with Crippen LogP contribution in [0.1, 0.15) is 369 Å². The van der Waals surface area contributed by atoms with Crippen LogP contribution in [-0.2, 0) is 4.79 Å². The number of hydrogen-bond donors (Lipinski definition) is 0. The molecule has 1 heteroatoms. The molecule has 0 amide bonds. The van der Waals surface area contributed by atoms with Gasteiger partial charge in [0.05, 0.1) is 0 Å². The van der Waals surface area contributed by atoms with Crippen molar-refractivity contribution in [3.8, 4) is 0 Å². The van der Waals surface area contributed by atoms with Gasteiger partial charge in [-0.25, -0.2) is 0 Å². The van der Waals surface area contributed by atoms with Crippen LogP contribution in [0.15, 0.2) is 0 Å². The predicted octanol–water partition coefficient (Wildman–Crippen LogP) is 23.6. The fraction of sp³-hybridized carbons (Fsp3) is 0.982. The van der Waals surface area contributed by atoms with Gasteiger partial charge in [0.1, 0.15) is 5.78 Å². The third-order valence-corrected chi connectivity index (χ3v) is 9.29. The van der Waals surface area contributed by atoms with Crippen LogP contribution in [0, 0.1) is 0 Å². The molecule has 0 aliphatic rings. The van der Waals surface area contributed by atoms with Crippen molar-refractivity contribution in [1.29, 1.82) is 0 Å². The molecule has 0 aliphatic carbocycles. The Morgan fingerprint density at radius 1 is 0.190 bits per heavy atom. The highest BCUT2D eigenvalue weighted by Crippen LogP contribution is 2.05. The first-order chi connectivity index (χ1) is 28.1. The summed E-state index contributed by atoms with van der Waals surface area (Å²) >= 11 is 0. The van der Waals surface area contributed by atoms with Crippen molar-refractivity contribution in [1.82, 2.24) is 0 Å². The Labute approximate surface area is 377 Å². The summed E-state index contributed by atoms with van der Waals surface area (Å²) in [5.74, 6) is 0.330. The molecule has 1 nitrogen and oxygen atoms in total. The number of ketones is 1. The summed E-state index contributed by atoms with van der Waals surface area (Å²) in [6.45, 7) is 39.6. The molecule has 0 radical (unpaired) electrons. The Kier molecular flexibility index (Phi) is 143. The quantitative estimate of drug-likeness (QED) is 0.0659. The number of hydrogen-bond acceptors (Lipinski definition) is 1. The van der Waals surface area contributed by atoms with E-state index in [1.807, 2.05) is 0 Å². The van der Waals surface area contributed by atoms with E-state index in [1.165, 1.54) is 231 Å². The van der Waals surface area contributed by atoms with Gasteiger partial charge in [0.2, 0.25) is 0 Å². The van der Waals surface area contributed by atoms with Crippen molar-refractivity contribution in [2.75, 3.05) is 0 Å². The van der Waals surface area contributed by atoms with Gasteiger partial charge in [-0.1, -0.05) is 349 Å². The maximum Gasteiger partial charge on any atom is 0.129 e. The maximum absolute atomic E-state index is 10.5. The second-order valence-electron chi connectivity index (χ2n) is 16.5. The first kappa shape index (κ1) is 78.2. The highest BCUT2D eigenvalue weighted by molar-refractivity contribution is 5.75. The summed E-state index contributed by atoms with van der Waals surface area (Å²) in [4.78, 5) is 10.5. The second kappa shape index (κ2) is 106. The van der Waals surface area contributed by atoms with E-state index >= 15 is 0 Å². The normalized spacial score (nSPS) is 9.14. The zero-order valence-corrected chi connectivity index (χ0v) is 45.8. The molecule has 0 N–H and O–H groups in total. The number of Topliss-reactive ketones (excluding diaryl/α,β-unsaturated/α-hetero) is 1. The van der Waals surface area contributed by atoms with Crippen molar-refractivity contribution < 1.29 is 4.79 Å². The van der Waals surface area contributed by atoms with Crippen LogP contribution in [-0.4, -0.2) is 5.78 Å². The highest BCUT2D eigenvalue weighted by atomic mass is 16.1. The molecule has 0 fully saturated rings. The van der Waals surface area contributed by atoms with Gasteiger partial charge in [-0.05, 0) is 13.3 Å². The Morgan fingerprint density at radius 2 is 0.293 bits per heavy atom. The summed E-state index contributed by atoms with van der Waals surface area (Å²) in [5.41, 5.74) is 0. The molecule has 58 heavy (non-hydrogen) atoms. The minimum atomic E-state index is 0.330. The van der Waals surface area contributed by atoms with Crippen LogP contribution in [0.2, 0.25) is 0 Å². The second-order valence-corrected chi connectivity index (χ2v) is 16.5. The van der Waals surface area contributed by atoms with E-state index in [1.54, 1.807) is 6.92 Å². The van der Waals surface area contributed by atoms with Crippen LogP contribution in [0.5, 0.6) is 0 Å². The van der Waals surface area contributed by atoms with Gasteiger partial charge in [0, 0.05) is 6.42 Å². The van der Waals surface area contributed by atoms with Crippen molar-refractivity contribution in [3.63, 3.8) is 0 Å². The summed E-state index contributed by atoms with van der Waals surface area (Å²) in [5, 5.41) is 0. The van der Waals surface area contributed by atoms with E-state index in [4.69, 9.17) is 0 Å². The van der Waals surface area contributed by atoms with Gasteiger partial charge < -0.3 is 4.79 Å². The van der Waals surface area contributed by atoms with Crippen molar-refractivity contribution >= 4 is 5.78 Å². The molecule has 0 aromatic rings. The summed E-state index contributed by atoms with van der Waals surface area (Å²) in [6.07, 6.45) is 51.3. The highest BCUT2D eigenvalue weighted by Gasteiger charge is 1.92. The number of rotatable bonds is 30. The zero-order chi connectivity index (χ0) is 46.4. The lowest BCUT2D eigenvalue weighted by Gasteiger charge is -1.95. The van der Waals surface area contributed by atoms with Gasteiger partial charge in [-0.15, -0.1) is 0 Å². The zero-order valence-electron chi connectivity index (χ0n) is 45.8. The van der Waals surface area contributed by atoms with Crippen LogP contribution in [0.3, 0.4) is 0 Å².